The second-order valence-corrected chi connectivity index (χ2v) is 7.91. The summed E-state index contributed by atoms with van der Waals surface area (Å²) < 4.78 is 52.6. The monoisotopic (exact) mass is 447 g/mol. The molecule has 0 saturated carbocycles. The highest BCUT2D eigenvalue weighted by atomic mass is 19.4. The summed E-state index contributed by atoms with van der Waals surface area (Å²) in [4.78, 5) is 27.7. The van der Waals surface area contributed by atoms with Gasteiger partial charge in [-0.05, 0) is 47.9 Å². The molecule has 0 aromatic heterocycles. The minimum absolute atomic E-state index is 0.0177. The molecule has 0 spiro atoms. The number of fused-ring (bicyclic) bond motifs is 1. The molecule has 1 fully saturated rings. The molecule has 168 valence electrons. The molecule has 2 aromatic rings. The number of benzene rings is 2. The predicted octanol–water partition coefficient (Wildman–Crippen LogP) is 4.12. The SMILES string of the molecule is C=CC(=O)N1CC(C(=O)N2CCc3c(cccc3Nc3ccc(C(F)(F)F)cc3F)C2)C1. The van der Waals surface area contributed by atoms with Gasteiger partial charge in [0.15, 0.2) is 0 Å². The van der Waals surface area contributed by atoms with Crippen molar-refractivity contribution in [3.63, 3.8) is 0 Å². The first kappa shape index (κ1) is 21.9. The molecule has 2 aromatic carbocycles. The number of halogens is 4. The number of amides is 2. The fraction of sp³-hybridized carbons (Fsp3) is 0.304. The Balaban J connectivity index is 1.46. The zero-order valence-electron chi connectivity index (χ0n) is 17.1. The Bertz CT molecular complexity index is 1080. The summed E-state index contributed by atoms with van der Waals surface area (Å²) in [6.07, 6.45) is -2.86. The smallest absolute Gasteiger partial charge is 0.353 e. The quantitative estimate of drug-likeness (QED) is 0.567. The van der Waals surface area contributed by atoms with Crippen molar-refractivity contribution in [3.05, 3.63) is 71.6 Å². The van der Waals surface area contributed by atoms with Crippen molar-refractivity contribution < 1.29 is 27.2 Å². The van der Waals surface area contributed by atoms with Crippen molar-refractivity contribution in [2.75, 3.05) is 25.0 Å². The molecule has 5 nitrogen and oxygen atoms in total. The highest BCUT2D eigenvalue weighted by Crippen LogP contribution is 2.34. The van der Waals surface area contributed by atoms with E-state index in [-0.39, 0.29) is 23.4 Å². The van der Waals surface area contributed by atoms with Gasteiger partial charge in [0.05, 0.1) is 17.2 Å². The second kappa shape index (κ2) is 8.29. The predicted molar refractivity (Wildman–Crippen MR) is 111 cm³/mol. The van der Waals surface area contributed by atoms with Crippen LogP contribution in [-0.4, -0.2) is 41.2 Å². The molecular weight excluding hydrogens is 426 g/mol. The standard InChI is InChI=1S/C23H21F4N3O2/c1-2-21(31)30-12-15(13-30)22(32)29-9-8-17-14(11-29)4-3-5-19(17)28-20-7-6-16(10-18(20)24)23(25,26)27/h2-7,10,15,28H,1,8-9,11-13H2. The van der Waals surface area contributed by atoms with Gasteiger partial charge in [-0.2, -0.15) is 13.2 Å². The lowest BCUT2D eigenvalue weighted by atomic mass is 9.93. The van der Waals surface area contributed by atoms with Crippen LogP contribution in [0.1, 0.15) is 16.7 Å². The maximum absolute atomic E-state index is 14.3. The number of carbonyl (C=O) groups is 2. The number of rotatable bonds is 4. The molecule has 0 radical (unpaired) electrons. The van der Waals surface area contributed by atoms with E-state index in [1.165, 1.54) is 6.08 Å². The number of nitrogens with one attached hydrogen (secondary N) is 1. The zero-order valence-corrected chi connectivity index (χ0v) is 17.1. The number of hydrogen-bond acceptors (Lipinski definition) is 3. The van der Waals surface area contributed by atoms with Gasteiger partial charge in [0, 0.05) is 31.9 Å². The topological polar surface area (TPSA) is 52.7 Å². The van der Waals surface area contributed by atoms with Gasteiger partial charge >= 0.3 is 6.18 Å². The van der Waals surface area contributed by atoms with E-state index >= 15 is 0 Å². The van der Waals surface area contributed by atoms with Gasteiger partial charge in [-0.25, -0.2) is 4.39 Å². The molecule has 2 heterocycles. The maximum Gasteiger partial charge on any atom is 0.416 e. The second-order valence-electron chi connectivity index (χ2n) is 7.91. The van der Waals surface area contributed by atoms with E-state index in [0.717, 1.165) is 23.3 Å². The largest absolute Gasteiger partial charge is 0.416 e. The molecule has 1 N–H and O–H groups in total. The molecule has 9 heteroatoms. The normalized spacial score (nSPS) is 16.2. The Hall–Kier alpha value is -3.36. The van der Waals surface area contributed by atoms with Crippen molar-refractivity contribution in [2.24, 2.45) is 5.92 Å². The highest BCUT2D eigenvalue weighted by Gasteiger charge is 2.38. The Morgan fingerprint density at radius 1 is 1.09 bits per heavy atom. The number of hydrogen-bond donors (Lipinski definition) is 1. The summed E-state index contributed by atoms with van der Waals surface area (Å²) in [5, 5.41) is 2.89. The van der Waals surface area contributed by atoms with Gasteiger partial charge in [-0.15, -0.1) is 0 Å². The average molecular weight is 447 g/mol. The van der Waals surface area contributed by atoms with Gasteiger partial charge in [0.1, 0.15) is 5.82 Å². The summed E-state index contributed by atoms with van der Waals surface area (Å²) in [7, 11) is 0. The van der Waals surface area contributed by atoms with E-state index in [4.69, 9.17) is 0 Å². The lowest BCUT2D eigenvalue weighted by Crippen LogP contribution is -2.56. The molecule has 4 rings (SSSR count). The van der Waals surface area contributed by atoms with Gasteiger partial charge in [-0.3, -0.25) is 9.59 Å². The van der Waals surface area contributed by atoms with Crippen LogP contribution in [0.15, 0.2) is 49.1 Å². The van der Waals surface area contributed by atoms with Crippen molar-refractivity contribution in [3.8, 4) is 0 Å². The molecule has 0 atom stereocenters. The Kier molecular flexibility index (Phi) is 5.66. The van der Waals surface area contributed by atoms with Crippen LogP contribution < -0.4 is 5.32 Å². The molecule has 0 unspecified atom stereocenters. The van der Waals surface area contributed by atoms with Gasteiger partial charge in [0.2, 0.25) is 11.8 Å². The molecule has 0 aliphatic carbocycles. The van der Waals surface area contributed by atoms with E-state index < -0.39 is 17.6 Å². The van der Waals surface area contributed by atoms with Crippen LogP contribution in [0.2, 0.25) is 0 Å². The summed E-state index contributed by atoms with van der Waals surface area (Å²) in [6, 6.07) is 7.74. The minimum atomic E-state index is -4.61. The van der Waals surface area contributed by atoms with Crippen LogP contribution in [0.25, 0.3) is 0 Å². The van der Waals surface area contributed by atoms with E-state index in [2.05, 4.69) is 11.9 Å². The Morgan fingerprint density at radius 2 is 1.84 bits per heavy atom. The van der Waals surface area contributed by atoms with Crippen molar-refractivity contribution >= 4 is 23.2 Å². The summed E-state index contributed by atoms with van der Waals surface area (Å²) in [5.41, 5.74) is 1.29. The fourth-order valence-corrected chi connectivity index (χ4v) is 4.05. The number of anilines is 2. The van der Waals surface area contributed by atoms with Crippen LogP contribution in [0.4, 0.5) is 28.9 Å². The van der Waals surface area contributed by atoms with Crippen molar-refractivity contribution in [2.45, 2.75) is 19.1 Å². The van der Waals surface area contributed by atoms with Gasteiger partial charge in [0.25, 0.3) is 0 Å². The van der Waals surface area contributed by atoms with E-state index in [1.807, 2.05) is 6.07 Å². The molecule has 32 heavy (non-hydrogen) atoms. The van der Waals surface area contributed by atoms with E-state index in [1.54, 1.807) is 21.9 Å². The third kappa shape index (κ3) is 4.19. The molecule has 1 saturated heterocycles. The third-order valence-electron chi connectivity index (χ3n) is 5.86. The van der Waals surface area contributed by atoms with E-state index in [9.17, 15) is 27.2 Å². The maximum atomic E-state index is 14.3. The molecular formula is C23H21F4N3O2. The van der Waals surface area contributed by atoms with Crippen LogP contribution >= 0.6 is 0 Å². The summed E-state index contributed by atoms with van der Waals surface area (Å²) in [6.45, 7) is 5.04. The van der Waals surface area contributed by atoms with E-state index in [0.29, 0.717) is 44.4 Å². The number of carbonyl (C=O) groups excluding carboxylic acids is 2. The average Bonchev–Trinajstić information content (AvgIpc) is 2.72. The number of nitrogens with zero attached hydrogens (tertiary/aromatic N) is 2. The van der Waals surface area contributed by atoms with Crippen molar-refractivity contribution in [1.29, 1.82) is 0 Å². The number of alkyl halides is 3. The lowest BCUT2D eigenvalue weighted by molar-refractivity contribution is -0.147. The van der Waals surface area contributed by atoms with Gasteiger partial charge < -0.3 is 15.1 Å². The van der Waals surface area contributed by atoms with Crippen LogP contribution in [0, 0.1) is 11.7 Å². The number of likely N-dealkylation sites (tertiary alicyclic amines) is 1. The Morgan fingerprint density at radius 3 is 2.50 bits per heavy atom. The van der Waals surface area contributed by atoms with Crippen LogP contribution in [-0.2, 0) is 28.7 Å². The minimum Gasteiger partial charge on any atom is -0.353 e. The Labute approximate surface area is 182 Å². The summed E-state index contributed by atoms with van der Waals surface area (Å²) in [5.74, 6) is -1.43. The molecule has 2 amide bonds. The molecule has 2 aliphatic heterocycles. The fourth-order valence-electron chi connectivity index (χ4n) is 4.05. The first-order valence-electron chi connectivity index (χ1n) is 10.1. The zero-order chi connectivity index (χ0) is 23.0. The van der Waals surface area contributed by atoms with Crippen LogP contribution in [0.5, 0.6) is 0 Å². The highest BCUT2D eigenvalue weighted by molar-refractivity contribution is 5.90. The van der Waals surface area contributed by atoms with Gasteiger partial charge in [-0.1, -0.05) is 18.7 Å². The molecule has 0 bridgehead atoms. The molecule has 2 aliphatic rings. The summed E-state index contributed by atoms with van der Waals surface area (Å²) >= 11 is 0. The lowest BCUT2D eigenvalue weighted by Gasteiger charge is -2.41. The first-order valence-corrected chi connectivity index (χ1v) is 10.1. The first-order chi connectivity index (χ1) is 15.2. The third-order valence-corrected chi connectivity index (χ3v) is 5.86. The van der Waals surface area contributed by atoms with Crippen LogP contribution in [0.3, 0.4) is 0 Å². The van der Waals surface area contributed by atoms with Crippen molar-refractivity contribution in [1.82, 2.24) is 9.80 Å².